The van der Waals surface area contributed by atoms with Gasteiger partial charge in [-0.25, -0.2) is 8.42 Å². The molecular weight excluding hydrogens is 354 g/mol. The van der Waals surface area contributed by atoms with E-state index in [4.69, 9.17) is 10.3 Å². The number of benzene rings is 1. The Balaban J connectivity index is 1.63. The Kier molecular flexibility index (Phi) is 5.15. The first-order chi connectivity index (χ1) is 12.3. The Morgan fingerprint density at radius 1 is 1.23 bits per heavy atom. The lowest BCUT2D eigenvalue weighted by Crippen LogP contribution is -2.39. The lowest BCUT2D eigenvalue weighted by molar-refractivity contribution is 0.100. The maximum atomic E-state index is 12.8. The summed E-state index contributed by atoms with van der Waals surface area (Å²) in [5.74, 6) is 0.305. The van der Waals surface area contributed by atoms with E-state index in [-0.39, 0.29) is 4.90 Å². The Hall–Kier alpha value is -2.19. The summed E-state index contributed by atoms with van der Waals surface area (Å²) in [6.07, 6.45) is 2.44. The monoisotopic (exact) mass is 377 g/mol. The third-order valence-electron chi connectivity index (χ3n) is 4.90. The quantitative estimate of drug-likeness (QED) is 0.858. The smallest absolute Gasteiger partial charge is 0.248 e. The van der Waals surface area contributed by atoms with Gasteiger partial charge < -0.3 is 10.3 Å². The van der Waals surface area contributed by atoms with Crippen molar-refractivity contribution in [3.63, 3.8) is 0 Å². The molecule has 2 N–H and O–H groups in total. The maximum absolute atomic E-state index is 12.8. The van der Waals surface area contributed by atoms with Crippen LogP contribution >= 0.6 is 0 Å². The largest absolute Gasteiger partial charge is 0.366 e. The zero-order valence-electron chi connectivity index (χ0n) is 14.9. The SMILES string of the molecule is Cc1noc(C)c1S(=O)(=O)N1CCC(Cc2ccc(C(N)=O)cc2)CC1. The highest BCUT2D eigenvalue weighted by atomic mass is 32.2. The molecule has 8 heteroatoms. The zero-order chi connectivity index (χ0) is 18.9. The Morgan fingerprint density at radius 2 is 1.85 bits per heavy atom. The highest BCUT2D eigenvalue weighted by molar-refractivity contribution is 7.89. The molecule has 0 saturated carbocycles. The van der Waals surface area contributed by atoms with Crippen LogP contribution in [0.4, 0.5) is 0 Å². The number of rotatable bonds is 5. The van der Waals surface area contributed by atoms with Crippen LogP contribution in [0.15, 0.2) is 33.7 Å². The molecule has 1 aromatic heterocycles. The molecule has 0 aliphatic carbocycles. The number of carbonyl (C=O) groups excluding carboxylic acids is 1. The summed E-state index contributed by atoms with van der Waals surface area (Å²) in [5, 5.41) is 3.75. The van der Waals surface area contributed by atoms with Crippen LogP contribution in [0.2, 0.25) is 0 Å². The van der Waals surface area contributed by atoms with E-state index < -0.39 is 15.9 Å². The van der Waals surface area contributed by atoms with Crippen molar-refractivity contribution in [2.24, 2.45) is 11.7 Å². The Labute approximate surface area is 153 Å². The van der Waals surface area contributed by atoms with E-state index in [9.17, 15) is 13.2 Å². The first-order valence-electron chi connectivity index (χ1n) is 8.61. The molecule has 7 nitrogen and oxygen atoms in total. The highest BCUT2D eigenvalue weighted by Crippen LogP contribution is 2.29. The normalized spacial score (nSPS) is 16.7. The van der Waals surface area contributed by atoms with E-state index in [1.807, 2.05) is 12.1 Å². The van der Waals surface area contributed by atoms with Gasteiger partial charge in [-0.05, 0) is 56.7 Å². The second kappa shape index (κ2) is 7.20. The summed E-state index contributed by atoms with van der Waals surface area (Å²) >= 11 is 0. The fourth-order valence-corrected chi connectivity index (χ4v) is 5.23. The van der Waals surface area contributed by atoms with Crippen LogP contribution < -0.4 is 5.73 Å². The van der Waals surface area contributed by atoms with Crippen LogP contribution in [0, 0.1) is 19.8 Å². The second-order valence-corrected chi connectivity index (χ2v) is 8.64. The summed E-state index contributed by atoms with van der Waals surface area (Å²) in [6, 6.07) is 7.28. The molecule has 1 amide bonds. The number of carbonyl (C=O) groups is 1. The molecule has 0 atom stereocenters. The van der Waals surface area contributed by atoms with E-state index in [0.717, 1.165) is 24.8 Å². The number of nitrogens with two attached hydrogens (primary N) is 1. The standard InChI is InChI=1S/C18H23N3O4S/c1-12-17(13(2)25-20-12)26(23,24)21-9-7-15(8-10-21)11-14-3-5-16(6-4-14)18(19)22/h3-6,15H,7-11H2,1-2H3,(H2,19,22). The lowest BCUT2D eigenvalue weighted by Gasteiger charge is -2.31. The average Bonchev–Trinajstić information content (AvgIpc) is 2.95. The molecule has 1 aromatic carbocycles. The third-order valence-corrected chi connectivity index (χ3v) is 7.05. The van der Waals surface area contributed by atoms with Gasteiger partial charge in [-0.2, -0.15) is 4.31 Å². The van der Waals surface area contributed by atoms with E-state index in [0.29, 0.717) is 36.0 Å². The van der Waals surface area contributed by atoms with Crippen LogP contribution in [0.25, 0.3) is 0 Å². The van der Waals surface area contributed by atoms with Crippen LogP contribution in [0.1, 0.15) is 40.2 Å². The molecule has 1 aliphatic rings. The molecule has 3 rings (SSSR count). The van der Waals surface area contributed by atoms with E-state index in [1.165, 1.54) is 4.31 Å². The number of piperidine rings is 1. The Bertz CT molecular complexity index is 876. The van der Waals surface area contributed by atoms with Gasteiger partial charge in [0.15, 0.2) is 5.76 Å². The maximum Gasteiger partial charge on any atom is 0.248 e. The zero-order valence-corrected chi connectivity index (χ0v) is 15.8. The van der Waals surface area contributed by atoms with Gasteiger partial charge in [0.1, 0.15) is 10.6 Å². The predicted molar refractivity (Wildman–Crippen MR) is 96.1 cm³/mol. The van der Waals surface area contributed by atoms with Crippen molar-refractivity contribution in [1.29, 1.82) is 0 Å². The van der Waals surface area contributed by atoms with Gasteiger partial charge in [0.05, 0.1) is 0 Å². The first kappa shape index (κ1) is 18.6. The fraction of sp³-hybridized carbons (Fsp3) is 0.444. The van der Waals surface area contributed by atoms with E-state index in [2.05, 4.69) is 5.16 Å². The lowest BCUT2D eigenvalue weighted by atomic mass is 9.91. The van der Waals surface area contributed by atoms with Crippen molar-refractivity contribution in [3.8, 4) is 0 Å². The summed E-state index contributed by atoms with van der Waals surface area (Å²) in [7, 11) is -3.57. The number of aromatic nitrogens is 1. The molecule has 2 heterocycles. The molecule has 0 unspecified atom stereocenters. The molecule has 1 saturated heterocycles. The van der Waals surface area contributed by atoms with Crippen LogP contribution in [0.5, 0.6) is 0 Å². The minimum atomic E-state index is -3.57. The summed E-state index contributed by atoms with van der Waals surface area (Å²) in [5.41, 5.74) is 7.28. The van der Waals surface area contributed by atoms with Crippen molar-refractivity contribution < 1.29 is 17.7 Å². The molecule has 26 heavy (non-hydrogen) atoms. The van der Waals surface area contributed by atoms with Gasteiger partial charge in [0.2, 0.25) is 15.9 Å². The number of hydrogen-bond donors (Lipinski definition) is 1. The number of amides is 1. The van der Waals surface area contributed by atoms with Gasteiger partial charge in [0.25, 0.3) is 0 Å². The summed E-state index contributed by atoms with van der Waals surface area (Å²) < 4.78 is 32.2. The molecule has 2 aromatic rings. The average molecular weight is 377 g/mol. The molecule has 1 fully saturated rings. The van der Waals surface area contributed by atoms with Crippen LogP contribution in [-0.4, -0.2) is 36.9 Å². The molecule has 140 valence electrons. The predicted octanol–water partition coefficient (Wildman–Crippen LogP) is 2.03. The third kappa shape index (κ3) is 3.66. The Morgan fingerprint density at radius 3 is 2.35 bits per heavy atom. The van der Waals surface area contributed by atoms with Gasteiger partial charge in [0, 0.05) is 18.7 Å². The van der Waals surface area contributed by atoms with Gasteiger partial charge in [-0.1, -0.05) is 17.3 Å². The molecule has 0 radical (unpaired) electrons. The minimum Gasteiger partial charge on any atom is -0.366 e. The second-order valence-electron chi connectivity index (χ2n) is 6.77. The summed E-state index contributed by atoms with van der Waals surface area (Å²) in [6.45, 7) is 4.23. The van der Waals surface area contributed by atoms with Gasteiger partial charge in [-0.15, -0.1) is 0 Å². The topological polar surface area (TPSA) is 106 Å². The van der Waals surface area contributed by atoms with Crippen molar-refractivity contribution >= 4 is 15.9 Å². The van der Waals surface area contributed by atoms with E-state index >= 15 is 0 Å². The first-order valence-corrected chi connectivity index (χ1v) is 10.0. The van der Waals surface area contributed by atoms with Crippen molar-refractivity contribution in [2.75, 3.05) is 13.1 Å². The van der Waals surface area contributed by atoms with Gasteiger partial charge >= 0.3 is 0 Å². The molecule has 0 bridgehead atoms. The van der Waals surface area contributed by atoms with E-state index in [1.54, 1.807) is 26.0 Å². The number of hydrogen-bond acceptors (Lipinski definition) is 5. The van der Waals surface area contributed by atoms with Crippen LogP contribution in [-0.2, 0) is 16.4 Å². The minimum absolute atomic E-state index is 0.193. The summed E-state index contributed by atoms with van der Waals surface area (Å²) in [4.78, 5) is 11.3. The molecule has 0 spiro atoms. The van der Waals surface area contributed by atoms with Crippen molar-refractivity contribution in [2.45, 2.75) is 38.0 Å². The number of nitrogens with zero attached hydrogens (tertiary/aromatic N) is 2. The molecular formula is C18H23N3O4S. The molecule has 1 aliphatic heterocycles. The number of sulfonamides is 1. The van der Waals surface area contributed by atoms with Crippen LogP contribution in [0.3, 0.4) is 0 Å². The fourth-order valence-electron chi connectivity index (χ4n) is 3.46. The van der Waals surface area contributed by atoms with Gasteiger partial charge in [-0.3, -0.25) is 4.79 Å². The number of primary amides is 1. The van der Waals surface area contributed by atoms with Crippen molar-refractivity contribution in [1.82, 2.24) is 9.46 Å². The van der Waals surface area contributed by atoms with Crippen molar-refractivity contribution in [3.05, 3.63) is 46.8 Å². The highest BCUT2D eigenvalue weighted by Gasteiger charge is 2.33. The number of aryl methyl sites for hydroxylation is 2.